The molecule has 0 aliphatic carbocycles. The summed E-state index contributed by atoms with van der Waals surface area (Å²) in [5.74, 6) is -0.638. The maximum atomic E-state index is 14.6. The van der Waals surface area contributed by atoms with Gasteiger partial charge in [-0.3, -0.25) is 4.72 Å². The average Bonchev–Trinajstić information content (AvgIpc) is 3.27. The molecule has 0 saturated carbocycles. The molecule has 32 heavy (non-hydrogen) atoms. The van der Waals surface area contributed by atoms with Gasteiger partial charge in [-0.2, -0.15) is 0 Å². The van der Waals surface area contributed by atoms with Gasteiger partial charge in [0.05, 0.1) is 26.5 Å². The largest absolute Gasteiger partial charge is 0.490 e. The lowest BCUT2D eigenvalue weighted by Gasteiger charge is -2.27. The lowest BCUT2D eigenvalue weighted by atomic mass is 9.95. The van der Waals surface area contributed by atoms with E-state index in [-0.39, 0.29) is 28.3 Å². The van der Waals surface area contributed by atoms with Crippen molar-refractivity contribution in [3.8, 4) is 5.75 Å². The first-order chi connectivity index (χ1) is 15.4. The van der Waals surface area contributed by atoms with Crippen molar-refractivity contribution >= 4 is 56.9 Å². The van der Waals surface area contributed by atoms with E-state index < -0.39 is 22.6 Å². The Morgan fingerprint density at radius 2 is 2.09 bits per heavy atom. The summed E-state index contributed by atoms with van der Waals surface area (Å²) in [6.45, 7) is 0.858. The molecule has 168 valence electrons. The highest BCUT2D eigenvalue weighted by atomic mass is 35.5. The number of aromatic nitrogens is 1. The molecule has 0 amide bonds. The van der Waals surface area contributed by atoms with Crippen molar-refractivity contribution in [2.24, 2.45) is 0 Å². The van der Waals surface area contributed by atoms with Crippen LogP contribution in [0, 0.1) is 11.6 Å². The molecule has 2 aromatic carbocycles. The van der Waals surface area contributed by atoms with Gasteiger partial charge in [0.15, 0.2) is 11.0 Å². The van der Waals surface area contributed by atoms with Gasteiger partial charge in [0, 0.05) is 11.4 Å². The zero-order chi connectivity index (χ0) is 22.7. The highest BCUT2D eigenvalue weighted by molar-refractivity contribution is 7.86. The van der Waals surface area contributed by atoms with E-state index in [2.05, 4.69) is 15.0 Å². The van der Waals surface area contributed by atoms with Gasteiger partial charge in [0.25, 0.3) is 0 Å². The van der Waals surface area contributed by atoms with Crippen LogP contribution in [0.4, 0.5) is 14.6 Å². The Morgan fingerprint density at radius 1 is 1.25 bits per heavy atom. The number of ether oxygens (including phenoxy) is 1. The lowest BCUT2D eigenvalue weighted by molar-refractivity contribution is 0.287. The van der Waals surface area contributed by atoms with E-state index in [0.717, 1.165) is 24.6 Å². The third kappa shape index (κ3) is 5.29. The van der Waals surface area contributed by atoms with E-state index in [1.54, 1.807) is 17.0 Å². The lowest BCUT2D eigenvalue weighted by Crippen LogP contribution is -2.39. The molecule has 0 bridgehead atoms. The Bertz CT molecular complexity index is 1180. The second-order valence-electron chi connectivity index (χ2n) is 6.85. The zero-order valence-corrected chi connectivity index (χ0v) is 19.6. The fourth-order valence-electron chi connectivity index (χ4n) is 3.26. The molecule has 1 aliphatic heterocycles. The summed E-state index contributed by atoms with van der Waals surface area (Å²) >= 11 is 13.8. The molecule has 1 aliphatic rings. The number of hydrogen-bond donors (Lipinski definition) is 2. The van der Waals surface area contributed by atoms with Gasteiger partial charge >= 0.3 is 0 Å². The smallest absolute Gasteiger partial charge is 0.154 e. The second-order valence-corrected chi connectivity index (χ2v) is 9.56. The van der Waals surface area contributed by atoms with Crippen LogP contribution in [0.3, 0.4) is 0 Å². The van der Waals surface area contributed by atoms with E-state index >= 15 is 0 Å². The van der Waals surface area contributed by atoms with E-state index in [1.807, 2.05) is 6.08 Å². The SMILES string of the molecule is O=S(Nc1cscn1)c1cc(Cl)c(OCC2NCCC=C2c2ccc(F)cc2Cl)cc1F. The van der Waals surface area contributed by atoms with Crippen LogP contribution >= 0.6 is 34.5 Å². The molecule has 0 spiro atoms. The molecule has 4 rings (SSSR count). The fraction of sp³-hybridized carbons (Fsp3) is 0.190. The number of nitrogens with zero attached hydrogens (tertiary/aromatic N) is 1. The molecular formula is C21H17Cl2F2N3O2S2. The van der Waals surface area contributed by atoms with Crippen LogP contribution in [0.25, 0.3) is 5.57 Å². The van der Waals surface area contributed by atoms with Gasteiger partial charge in [-0.25, -0.2) is 18.0 Å². The summed E-state index contributed by atoms with van der Waals surface area (Å²) in [7, 11) is -1.87. The Hall–Kier alpha value is -2.04. The molecule has 0 saturated heterocycles. The molecular weight excluding hydrogens is 499 g/mol. The quantitative estimate of drug-likeness (QED) is 0.424. The normalized spacial score (nSPS) is 17.0. The van der Waals surface area contributed by atoms with Crippen molar-refractivity contribution in [2.45, 2.75) is 17.4 Å². The number of nitrogens with one attached hydrogen (secondary N) is 2. The third-order valence-corrected chi connectivity index (χ3v) is 7.04. The number of anilines is 1. The minimum absolute atomic E-state index is 0.107. The van der Waals surface area contributed by atoms with Crippen molar-refractivity contribution in [2.75, 3.05) is 17.9 Å². The fourth-order valence-corrected chi connectivity index (χ4v) is 5.25. The monoisotopic (exact) mass is 515 g/mol. The molecule has 2 N–H and O–H groups in total. The van der Waals surface area contributed by atoms with Crippen LogP contribution < -0.4 is 14.8 Å². The van der Waals surface area contributed by atoms with Gasteiger partial charge in [0.2, 0.25) is 0 Å². The first-order valence-corrected chi connectivity index (χ1v) is 12.3. The highest BCUT2D eigenvalue weighted by Crippen LogP contribution is 2.32. The minimum Gasteiger partial charge on any atom is -0.490 e. The Labute approximate surface area is 200 Å². The van der Waals surface area contributed by atoms with Crippen molar-refractivity contribution in [1.82, 2.24) is 10.3 Å². The van der Waals surface area contributed by atoms with Crippen LogP contribution in [0.5, 0.6) is 5.75 Å². The molecule has 0 radical (unpaired) electrons. The molecule has 0 fully saturated rings. The summed E-state index contributed by atoms with van der Waals surface area (Å²) in [5, 5.41) is 5.40. The van der Waals surface area contributed by atoms with E-state index in [0.29, 0.717) is 16.4 Å². The standard InChI is InChI=1S/C21H17Cl2F2N3O2S2/c22-15-6-12(24)3-4-13(15)14-2-1-5-26-18(14)9-30-19-8-17(25)20(7-16(19)23)32(29)28-21-10-31-11-27-21/h2-4,6-8,10-11,18,26,28H,1,5,9H2. The summed E-state index contributed by atoms with van der Waals surface area (Å²) in [4.78, 5) is 3.86. The maximum absolute atomic E-state index is 14.6. The van der Waals surface area contributed by atoms with Gasteiger partial charge in [0.1, 0.15) is 29.8 Å². The second kappa shape index (κ2) is 10.3. The summed E-state index contributed by atoms with van der Waals surface area (Å²) in [6, 6.07) is 6.34. The first-order valence-electron chi connectivity index (χ1n) is 9.49. The van der Waals surface area contributed by atoms with E-state index in [4.69, 9.17) is 27.9 Å². The van der Waals surface area contributed by atoms with Crippen molar-refractivity contribution in [3.05, 3.63) is 74.5 Å². The van der Waals surface area contributed by atoms with Crippen LogP contribution in [0.1, 0.15) is 12.0 Å². The van der Waals surface area contributed by atoms with Crippen molar-refractivity contribution in [1.29, 1.82) is 0 Å². The van der Waals surface area contributed by atoms with E-state index in [1.165, 1.54) is 29.5 Å². The summed E-state index contributed by atoms with van der Waals surface area (Å²) in [6.07, 6.45) is 2.80. The molecule has 11 heteroatoms. The molecule has 2 atom stereocenters. The Balaban J connectivity index is 1.49. The first kappa shape index (κ1) is 23.1. The summed E-state index contributed by atoms with van der Waals surface area (Å²) in [5.41, 5.74) is 3.13. The minimum atomic E-state index is -1.87. The van der Waals surface area contributed by atoms with Crippen LogP contribution in [-0.4, -0.2) is 28.4 Å². The maximum Gasteiger partial charge on any atom is 0.154 e. The molecule has 2 heterocycles. The van der Waals surface area contributed by atoms with Crippen LogP contribution in [-0.2, 0) is 11.0 Å². The van der Waals surface area contributed by atoms with Gasteiger partial charge in [-0.05, 0) is 42.3 Å². The number of benzene rings is 2. The average molecular weight is 516 g/mol. The molecule has 2 unspecified atom stereocenters. The zero-order valence-electron chi connectivity index (χ0n) is 16.4. The third-order valence-electron chi connectivity index (χ3n) is 4.74. The number of hydrogen-bond acceptors (Lipinski definition) is 5. The van der Waals surface area contributed by atoms with Gasteiger partial charge in [-0.15, -0.1) is 11.3 Å². The Morgan fingerprint density at radius 3 is 2.84 bits per heavy atom. The van der Waals surface area contributed by atoms with E-state index in [9.17, 15) is 13.0 Å². The predicted octanol–water partition coefficient (Wildman–Crippen LogP) is 5.69. The molecule has 5 nitrogen and oxygen atoms in total. The van der Waals surface area contributed by atoms with Crippen molar-refractivity contribution < 1.29 is 17.7 Å². The number of halogens is 4. The van der Waals surface area contributed by atoms with Crippen LogP contribution in [0.15, 0.2) is 52.2 Å². The Kier molecular flexibility index (Phi) is 7.42. The van der Waals surface area contributed by atoms with Crippen molar-refractivity contribution in [3.63, 3.8) is 0 Å². The number of rotatable bonds is 7. The number of thiazole rings is 1. The van der Waals surface area contributed by atoms with Gasteiger partial charge < -0.3 is 10.1 Å². The predicted molar refractivity (Wildman–Crippen MR) is 125 cm³/mol. The molecule has 3 aromatic rings. The molecule has 1 aromatic heterocycles. The van der Waals surface area contributed by atoms with Crippen LogP contribution in [0.2, 0.25) is 10.0 Å². The highest BCUT2D eigenvalue weighted by Gasteiger charge is 2.23. The topological polar surface area (TPSA) is 63.2 Å². The summed E-state index contributed by atoms with van der Waals surface area (Å²) < 4.78 is 48.9. The van der Waals surface area contributed by atoms with Gasteiger partial charge in [-0.1, -0.05) is 35.3 Å².